The molecule has 0 unspecified atom stereocenters. The normalized spacial score (nSPS) is 14.7. The van der Waals surface area contributed by atoms with Gasteiger partial charge in [-0.15, -0.1) is 11.8 Å². The zero-order chi connectivity index (χ0) is 9.42. The van der Waals surface area contributed by atoms with Gasteiger partial charge in [0.2, 0.25) is 0 Å². The highest BCUT2D eigenvalue weighted by atomic mass is 32.2. The number of carbonyl (C=O) groups is 1. The van der Waals surface area contributed by atoms with E-state index in [2.05, 4.69) is 0 Å². The second-order valence-electron chi connectivity index (χ2n) is 3.07. The molecule has 0 fully saturated rings. The van der Waals surface area contributed by atoms with E-state index >= 15 is 0 Å². The van der Waals surface area contributed by atoms with Crippen LogP contribution in [0.3, 0.4) is 0 Å². The number of rotatable bonds is 1. The second-order valence-corrected chi connectivity index (χ2v) is 3.91. The van der Waals surface area contributed by atoms with E-state index in [0.717, 1.165) is 10.5 Å². The SMILES string of the molecule is CSc1ccc2c(c1O)CCC2=O. The third-order valence-corrected chi connectivity index (χ3v) is 3.14. The van der Waals surface area contributed by atoms with Crippen molar-refractivity contribution in [1.29, 1.82) is 0 Å². The fourth-order valence-electron chi connectivity index (χ4n) is 1.67. The lowest BCUT2D eigenvalue weighted by molar-refractivity contribution is 0.0994. The van der Waals surface area contributed by atoms with Crippen LogP contribution in [0.5, 0.6) is 5.75 Å². The molecule has 0 atom stereocenters. The molecular weight excluding hydrogens is 184 g/mol. The Kier molecular flexibility index (Phi) is 2.04. The van der Waals surface area contributed by atoms with Gasteiger partial charge in [0, 0.05) is 22.4 Å². The molecule has 13 heavy (non-hydrogen) atoms. The molecule has 2 rings (SSSR count). The van der Waals surface area contributed by atoms with Crippen LogP contribution in [0.15, 0.2) is 17.0 Å². The highest BCUT2D eigenvalue weighted by Crippen LogP contribution is 2.36. The topological polar surface area (TPSA) is 37.3 Å². The minimum absolute atomic E-state index is 0.151. The number of benzene rings is 1. The van der Waals surface area contributed by atoms with Crippen LogP contribution in [0.25, 0.3) is 0 Å². The predicted molar refractivity (Wildman–Crippen MR) is 52.5 cm³/mol. The number of hydrogen-bond acceptors (Lipinski definition) is 3. The van der Waals surface area contributed by atoms with Crippen LogP contribution in [0, 0.1) is 0 Å². The molecule has 0 aliphatic heterocycles. The summed E-state index contributed by atoms with van der Waals surface area (Å²) in [6.45, 7) is 0. The molecule has 1 aliphatic carbocycles. The molecule has 2 nitrogen and oxygen atoms in total. The summed E-state index contributed by atoms with van der Waals surface area (Å²) >= 11 is 1.50. The maximum atomic E-state index is 11.3. The number of phenols is 1. The van der Waals surface area contributed by atoms with E-state index in [9.17, 15) is 9.90 Å². The molecule has 68 valence electrons. The maximum absolute atomic E-state index is 11.3. The molecule has 1 aromatic carbocycles. The van der Waals surface area contributed by atoms with Crippen LogP contribution >= 0.6 is 11.8 Å². The maximum Gasteiger partial charge on any atom is 0.163 e. The van der Waals surface area contributed by atoms with Crippen molar-refractivity contribution in [2.24, 2.45) is 0 Å². The summed E-state index contributed by atoms with van der Waals surface area (Å²) in [6.07, 6.45) is 3.15. The smallest absolute Gasteiger partial charge is 0.163 e. The standard InChI is InChI=1S/C10H10O2S/c1-13-9-5-3-6-7(10(9)12)2-4-8(6)11/h3,5,12H,2,4H2,1H3. The predicted octanol–water partition coefficient (Wildman–Crippen LogP) is 2.24. The summed E-state index contributed by atoms with van der Waals surface area (Å²) in [6, 6.07) is 3.62. The molecule has 1 aliphatic rings. The first-order chi connectivity index (χ1) is 6.24. The van der Waals surface area contributed by atoms with Gasteiger partial charge >= 0.3 is 0 Å². The van der Waals surface area contributed by atoms with Gasteiger partial charge in [0.15, 0.2) is 5.78 Å². The van der Waals surface area contributed by atoms with Crippen molar-refractivity contribution in [2.45, 2.75) is 17.7 Å². The monoisotopic (exact) mass is 194 g/mol. The zero-order valence-electron chi connectivity index (χ0n) is 7.33. The average Bonchev–Trinajstić information content (AvgIpc) is 2.50. The molecule has 0 saturated heterocycles. The van der Waals surface area contributed by atoms with Gasteiger partial charge in [-0.25, -0.2) is 0 Å². The van der Waals surface area contributed by atoms with Crippen molar-refractivity contribution in [3.05, 3.63) is 23.3 Å². The highest BCUT2D eigenvalue weighted by molar-refractivity contribution is 7.98. The van der Waals surface area contributed by atoms with E-state index in [-0.39, 0.29) is 5.78 Å². The largest absolute Gasteiger partial charge is 0.506 e. The lowest BCUT2D eigenvalue weighted by Crippen LogP contribution is -1.91. The quantitative estimate of drug-likeness (QED) is 0.697. The zero-order valence-corrected chi connectivity index (χ0v) is 8.15. The Labute approximate surface area is 81.0 Å². The molecule has 0 spiro atoms. The Morgan fingerprint density at radius 3 is 2.85 bits per heavy atom. The summed E-state index contributed by atoms with van der Waals surface area (Å²) < 4.78 is 0. The second kappa shape index (κ2) is 3.07. The minimum Gasteiger partial charge on any atom is -0.506 e. The summed E-state index contributed by atoms with van der Waals surface area (Å²) in [5, 5.41) is 9.75. The van der Waals surface area contributed by atoms with Crippen molar-refractivity contribution in [3.8, 4) is 5.75 Å². The highest BCUT2D eigenvalue weighted by Gasteiger charge is 2.23. The Bertz CT molecular complexity index is 371. The van der Waals surface area contributed by atoms with E-state index in [0.29, 0.717) is 24.2 Å². The Morgan fingerprint density at radius 1 is 1.38 bits per heavy atom. The summed E-state index contributed by atoms with van der Waals surface area (Å²) in [7, 11) is 0. The van der Waals surface area contributed by atoms with Crippen LogP contribution in [-0.2, 0) is 6.42 Å². The van der Waals surface area contributed by atoms with E-state index in [1.807, 2.05) is 18.4 Å². The number of phenolic OH excluding ortho intramolecular Hbond substituents is 1. The van der Waals surface area contributed by atoms with Crippen molar-refractivity contribution in [1.82, 2.24) is 0 Å². The molecule has 3 heteroatoms. The lowest BCUT2D eigenvalue weighted by atomic mass is 10.1. The number of carbonyl (C=O) groups excluding carboxylic acids is 1. The molecule has 0 heterocycles. The van der Waals surface area contributed by atoms with Crippen molar-refractivity contribution in [3.63, 3.8) is 0 Å². The van der Waals surface area contributed by atoms with Crippen molar-refractivity contribution in [2.75, 3.05) is 6.26 Å². The third-order valence-electron chi connectivity index (χ3n) is 2.37. The van der Waals surface area contributed by atoms with E-state index < -0.39 is 0 Å². The summed E-state index contributed by atoms with van der Waals surface area (Å²) in [4.78, 5) is 12.2. The van der Waals surface area contributed by atoms with Crippen molar-refractivity contribution < 1.29 is 9.90 Å². The molecule has 1 aromatic rings. The van der Waals surface area contributed by atoms with Crippen LogP contribution in [0.4, 0.5) is 0 Å². The van der Waals surface area contributed by atoms with Crippen LogP contribution in [0.2, 0.25) is 0 Å². The van der Waals surface area contributed by atoms with Crippen LogP contribution in [0.1, 0.15) is 22.3 Å². The molecule has 0 radical (unpaired) electrons. The van der Waals surface area contributed by atoms with Crippen LogP contribution in [-0.4, -0.2) is 17.1 Å². The fourth-order valence-corrected chi connectivity index (χ4v) is 2.19. The molecule has 0 amide bonds. The Balaban J connectivity index is 2.60. The minimum atomic E-state index is 0.151. The average molecular weight is 194 g/mol. The molecular formula is C10H10O2S. The first kappa shape index (κ1) is 8.63. The number of hydrogen-bond donors (Lipinski definition) is 1. The van der Waals surface area contributed by atoms with Gasteiger partial charge in [-0.2, -0.15) is 0 Å². The van der Waals surface area contributed by atoms with Gasteiger partial charge in [-0.05, 0) is 24.8 Å². The number of fused-ring (bicyclic) bond motifs is 1. The van der Waals surface area contributed by atoms with Gasteiger partial charge in [-0.3, -0.25) is 4.79 Å². The van der Waals surface area contributed by atoms with E-state index in [1.54, 1.807) is 0 Å². The molecule has 0 saturated carbocycles. The van der Waals surface area contributed by atoms with Gasteiger partial charge in [0.05, 0.1) is 0 Å². The Morgan fingerprint density at radius 2 is 2.15 bits per heavy atom. The number of Topliss-reactive ketones (excluding diaryl/α,β-unsaturated/α-hetero) is 1. The van der Waals surface area contributed by atoms with E-state index in [4.69, 9.17) is 0 Å². The molecule has 0 aromatic heterocycles. The summed E-state index contributed by atoms with van der Waals surface area (Å²) in [5.41, 5.74) is 1.53. The van der Waals surface area contributed by atoms with Gasteiger partial charge in [0.1, 0.15) is 5.75 Å². The number of thioether (sulfide) groups is 1. The fraction of sp³-hybridized carbons (Fsp3) is 0.300. The summed E-state index contributed by atoms with van der Waals surface area (Å²) in [5.74, 6) is 0.453. The number of ketones is 1. The first-order valence-electron chi connectivity index (χ1n) is 4.16. The Hall–Kier alpha value is -0.960. The van der Waals surface area contributed by atoms with Gasteiger partial charge in [0.25, 0.3) is 0 Å². The van der Waals surface area contributed by atoms with Crippen LogP contribution < -0.4 is 0 Å². The van der Waals surface area contributed by atoms with Gasteiger partial charge in [-0.1, -0.05) is 0 Å². The third kappa shape index (κ3) is 1.23. The first-order valence-corrected chi connectivity index (χ1v) is 5.38. The van der Waals surface area contributed by atoms with Crippen molar-refractivity contribution >= 4 is 17.5 Å². The van der Waals surface area contributed by atoms with E-state index in [1.165, 1.54) is 11.8 Å². The lowest BCUT2D eigenvalue weighted by Gasteiger charge is -2.05. The molecule has 0 bridgehead atoms. The van der Waals surface area contributed by atoms with Gasteiger partial charge < -0.3 is 5.11 Å². The number of aromatic hydroxyl groups is 1. The molecule has 1 N–H and O–H groups in total.